The Morgan fingerprint density at radius 1 is 1.11 bits per heavy atom. The van der Waals surface area contributed by atoms with Gasteiger partial charge in [0.25, 0.3) is 0 Å². The summed E-state index contributed by atoms with van der Waals surface area (Å²) < 4.78 is 6.02. The van der Waals surface area contributed by atoms with Gasteiger partial charge in [0.2, 0.25) is 0 Å². The topological polar surface area (TPSA) is 24.5 Å². The van der Waals surface area contributed by atoms with Gasteiger partial charge in [0.1, 0.15) is 0 Å². The summed E-state index contributed by atoms with van der Waals surface area (Å²) in [5.74, 6) is 0. The number of piperidine rings is 1. The smallest absolute Gasteiger partial charge is 0.0612 e. The molecule has 0 bridgehead atoms. The van der Waals surface area contributed by atoms with Gasteiger partial charge in [-0.25, -0.2) is 0 Å². The number of ether oxygens (including phenoxy) is 1. The molecule has 3 rings (SSSR count). The summed E-state index contributed by atoms with van der Waals surface area (Å²) in [4.78, 5) is 2.70. The summed E-state index contributed by atoms with van der Waals surface area (Å²) in [7, 11) is 0. The highest BCUT2D eigenvalue weighted by Crippen LogP contribution is 2.44. The van der Waals surface area contributed by atoms with Crippen molar-refractivity contribution in [2.45, 2.75) is 64.2 Å². The Morgan fingerprint density at radius 2 is 1.72 bits per heavy atom. The third kappa shape index (κ3) is 2.59. The average Bonchev–Trinajstić information content (AvgIpc) is 2.19. The largest absolute Gasteiger partial charge is 0.373 e. The van der Waals surface area contributed by atoms with E-state index in [1.165, 1.54) is 51.9 Å². The molecule has 0 radical (unpaired) electrons. The molecule has 104 valence electrons. The minimum atomic E-state index is 0.0286. The molecule has 1 spiro atoms. The number of nitrogens with zero attached hydrogens (tertiary/aromatic N) is 1. The summed E-state index contributed by atoms with van der Waals surface area (Å²) in [6.45, 7) is 11.6. The zero-order valence-corrected chi connectivity index (χ0v) is 12.2. The SMILES string of the molecule is CC(C)(C)OC1CC(N2CC3(CCNCC3)C2)C1. The predicted molar refractivity (Wildman–Crippen MR) is 73.8 cm³/mol. The fraction of sp³-hybridized carbons (Fsp3) is 1.00. The fourth-order valence-corrected chi connectivity index (χ4v) is 3.78. The first-order chi connectivity index (χ1) is 8.46. The quantitative estimate of drug-likeness (QED) is 0.814. The van der Waals surface area contributed by atoms with Gasteiger partial charge < -0.3 is 10.1 Å². The second-order valence-corrected chi connectivity index (χ2v) is 7.63. The molecule has 18 heavy (non-hydrogen) atoms. The van der Waals surface area contributed by atoms with Crippen LogP contribution in [-0.4, -0.2) is 48.8 Å². The lowest BCUT2D eigenvalue weighted by molar-refractivity contribution is -0.150. The van der Waals surface area contributed by atoms with Gasteiger partial charge in [0.15, 0.2) is 0 Å². The molecule has 3 fully saturated rings. The van der Waals surface area contributed by atoms with E-state index in [4.69, 9.17) is 4.74 Å². The molecule has 0 aromatic rings. The van der Waals surface area contributed by atoms with E-state index in [9.17, 15) is 0 Å². The summed E-state index contributed by atoms with van der Waals surface area (Å²) in [6, 6.07) is 0.817. The lowest BCUT2D eigenvalue weighted by Gasteiger charge is -2.58. The third-order valence-corrected chi connectivity index (χ3v) is 4.85. The van der Waals surface area contributed by atoms with Gasteiger partial charge in [-0.2, -0.15) is 0 Å². The molecular weight excluding hydrogens is 224 g/mol. The summed E-state index contributed by atoms with van der Waals surface area (Å²) in [6.07, 6.45) is 5.80. The Hall–Kier alpha value is -0.120. The van der Waals surface area contributed by atoms with Crippen LogP contribution in [0.5, 0.6) is 0 Å². The van der Waals surface area contributed by atoms with E-state index in [0.717, 1.165) is 6.04 Å². The summed E-state index contributed by atoms with van der Waals surface area (Å²) >= 11 is 0. The molecule has 1 N–H and O–H groups in total. The molecule has 1 aliphatic carbocycles. The molecule has 3 nitrogen and oxygen atoms in total. The molecule has 0 amide bonds. The lowest BCUT2D eigenvalue weighted by atomic mass is 9.70. The molecule has 2 heterocycles. The Labute approximate surface area is 111 Å². The van der Waals surface area contributed by atoms with E-state index in [-0.39, 0.29) is 5.60 Å². The second kappa shape index (κ2) is 4.46. The number of nitrogens with one attached hydrogen (secondary N) is 1. The van der Waals surface area contributed by atoms with E-state index < -0.39 is 0 Å². The van der Waals surface area contributed by atoms with Gasteiger partial charge in [0.05, 0.1) is 11.7 Å². The monoisotopic (exact) mass is 252 g/mol. The van der Waals surface area contributed by atoms with E-state index in [1.54, 1.807) is 0 Å². The highest BCUT2D eigenvalue weighted by atomic mass is 16.5. The van der Waals surface area contributed by atoms with Crippen molar-refractivity contribution in [1.82, 2.24) is 10.2 Å². The molecular formula is C15H28N2O. The number of rotatable bonds is 2. The van der Waals surface area contributed by atoms with Crippen LogP contribution < -0.4 is 5.32 Å². The third-order valence-electron chi connectivity index (χ3n) is 4.85. The van der Waals surface area contributed by atoms with E-state index in [0.29, 0.717) is 11.5 Å². The van der Waals surface area contributed by atoms with Crippen LogP contribution in [0.2, 0.25) is 0 Å². The zero-order valence-electron chi connectivity index (χ0n) is 12.2. The molecule has 1 saturated carbocycles. The number of hydrogen-bond acceptors (Lipinski definition) is 3. The minimum Gasteiger partial charge on any atom is -0.373 e. The zero-order chi connectivity index (χ0) is 12.8. The summed E-state index contributed by atoms with van der Waals surface area (Å²) in [5.41, 5.74) is 0.710. The van der Waals surface area contributed by atoms with Crippen LogP contribution in [0, 0.1) is 5.41 Å². The lowest BCUT2D eigenvalue weighted by Crippen LogP contribution is -2.65. The Bertz CT molecular complexity index is 290. The van der Waals surface area contributed by atoms with Crippen LogP contribution in [0.1, 0.15) is 46.5 Å². The van der Waals surface area contributed by atoms with Crippen molar-refractivity contribution in [2.75, 3.05) is 26.2 Å². The minimum absolute atomic E-state index is 0.0286. The molecule has 2 saturated heterocycles. The van der Waals surface area contributed by atoms with Crippen molar-refractivity contribution in [1.29, 1.82) is 0 Å². The Kier molecular flexibility index (Phi) is 3.20. The first-order valence-electron chi connectivity index (χ1n) is 7.58. The standard InChI is InChI=1S/C15H28N2O/c1-14(2,3)18-13-8-12(9-13)17-10-15(11-17)4-6-16-7-5-15/h12-13,16H,4-11H2,1-3H3. The van der Waals surface area contributed by atoms with Crippen molar-refractivity contribution in [2.24, 2.45) is 5.41 Å². The van der Waals surface area contributed by atoms with Crippen LogP contribution in [-0.2, 0) is 4.74 Å². The van der Waals surface area contributed by atoms with Crippen molar-refractivity contribution < 1.29 is 4.74 Å². The average molecular weight is 252 g/mol. The van der Waals surface area contributed by atoms with Crippen LogP contribution in [0.3, 0.4) is 0 Å². The molecule has 0 atom stereocenters. The molecule has 3 aliphatic rings. The maximum Gasteiger partial charge on any atom is 0.0612 e. The van der Waals surface area contributed by atoms with Gasteiger partial charge >= 0.3 is 0 Å². The number of likely N-dealkylation sites (tertiary alicyclic amines) is 1. The van der Waals surface area contributed by atoms with Crippen molar-refractivity contribution in [3.05, 3.63) is 0 Å². The van der Waals surface area contributed by atoms with Crippen molar-refractivity contribution >= 4 is 0 Å². The van der Waals surface area contributed by atoms with E-state index >= 15 is 0 Å². The summed E-state index contributed by atoms with van der Waals surface area (Å²) in [5, 5.41) is 3.47. The maximum atomic E-state index is 6.02. The first-order valence-corrected chi connectivity index (χ1v) is 7.58. The second-order valence-electron chi connectivity index (χ2n) is 7.63. The normalized spacial score (nSPS) is 36.2. The van der Waals surface area contributed by atoms with Gasteiger partial charge in [-0.3, -0.25) is 4.90 Å². The molecule has 2 aliphatic heterocycles. The molecule has 0 aromatic carbocycles. The highest BCUT2D eigenvalue weighted by molar-refractivity contribution is 5.03. The van der Waals surface area contributed by atoms with E-state index in [2.05, 4.69) is 31.0 Å². The fourth-order valence-electron chi connectivity index (χ4n) is 3.78. The van der Waals surface area contributed by atoms with Crippen LogP contribution in [0.25, 0.3) is 0 Å². The van der Waals surface area contributed by atoms with Crippen LogP contribution in [0.4, 0.5) is 0 Å². The van der Waals surface area contributed by atoms with Crippen molar-refractivity contribution in [3.63, 3.8) is 0 Å². The number of hydrogen-bond donors (Lipinski definition) is 1. The van der Waals surface area contributed by atoms with Gasteiger partial charge in [-0.05, 0) is 65.0 Å². The molecule has 3 heteroatoms. The van der Waals surface area contributed by atoms with E-state index in [1.807, 2.05) is 0 Å². The molecule has 0 aromatic heterocycles. The van der Waals surface area contributed by atoms with Crippen LogP contribution >= 0.6 is 0 Å². The Morgan fingerprint density at radius 3 is 2.28 bits per heavy atom. The van der Waals surface area contributed by atoms with Gasteiger partial charge in [0, 0.05) is 19.1 Å². The van der Waals surface area contributed by atoms with Gasteiger partial charge in [-0.15, -0.1) is 0 Å². The highest BCUT2D eigenvalue weighted by Gasteiger charge is 2.48. The van der Waals surface area contributed by atoms with Crippen LogP contribution in [0.15, 0.2) is 0 Å². The van der Waals surface area contributed by atoms with Gasteiger partial charge in [-0.1, -0.05) is 0 Å². The predicted octanol–water partition coefficient (Wildman–Crippen LogP) is 2.02. The van der Waals surface area contributed by atoms with Crippen molar-refractivity contribution in [3.8, 4) is 0 Å². The molecule has 0 unspecified atom stereocenters. The Balaban J connectivity index is 1.39. The first kappa shape index (κ1) is 12.9. The maximum absolute atomic E-state index is 6.02.